The molecule has 0 amide bonds. The van der Waals surface area contributed by atoms with Crippen molar-refractivity contribution in [2.75, 3.05) is 26.9 Å². The molecule has 1 N–H and O–H groups in total. The second-order valence-corrected chi connectivity index (χ2v) is 4.39. The fourth-order valence-electron chi connectivity index (χ4n) is 2.52. The highest BCUT2D eigenvalue weighted by Crippen LogP contribution is 2.37. The lowest BCUT2D eigenvalue weighted by Gasteiger charge is -2.31. The number of morpholine rings is 1. The van der Waals surface area contributed by atoms with Crippen molar-refractivity contribution in [2.45, 2.75) is 18.6 Å². The molecule has 5 heteroatoms. The van der Waals surface area contributed by atoms with Gasteiger partial charge in [-0.15, -0.1) is 12.4 Å². The van der Waals surface area contributed by atoms with Crippen molar-refractivity contribution in [3.8, 4) is 11.5 Å². The van der Waals surface area contributed by atoms with E-state index in [1.54, 1.807) is 7.11 Å². The minimum Gasteiger partial charge on any atom is -0.497 e. The number of rotatable bonds is 1. The zero-order valence-corrected chi connectivity index (χ0v) is 11.2. The van der Waals surface area contributed by atoms with Gasteiger partial charge in [0.1, 0.15) is 17.6 Å². The van der Waals surface area contributed by atoms with E-state index in [-0.39, 0.29) is 18.5 Å². The molecule has 1 aromatic carbocycles. The predicted molar refractivity (Wildman–Crippen MR) is 70.8 cm³/mol. The van der Waals surface area contributed by atoms with E-state index in [9.17, 15) is 0 Å². The number of methoxy groups -OCH3 is 1. The van der Waals surface area contributed by atoms with Crippen LogP contribution in [0.15, 0.2) is 18.2 Å². The van der Waals surface area contributed by atoms with Crippen LogP contribution >= 0.6 is 12.4 Å². The van der Waals surface area contributed by atoms with E-state index in [2.05, 4.69) is 5.32 Å². The maximum atomic E-state index is 5.89. The van der Waals surface area contributed by atoms with Crippen LogP contribution in [0.5, 0.6) is 11.5 Å². The van der Waals surface area contributed by atoms with Crippen molar-refractivity contribution >= 4 is 12.4 Å². The lowest BCUT2D eigenvalue weighted by Crippen LogP contribution is -2.43. The Labute approximate surface area is 113 Å². The van der Waals surface area contributed by atoms with Gasteiger partial charge in [0.05, 0.1) is 20.3 Å². The third kappa shape index (κ3) is 2.41. The smallest absolute Gasteiger partial charge is 0.125 e. The fraction of sp³-hybridized carbons (Fsp3) is 0.538. The van der Waals surface area contributed by atoms with Crippen LogP contribution in [0.25, 0.3) is 0 Å². The van der Waals surface area contributed by atoms with Crippen LogP contribution in [-0.2, 0) is 4.74 Å². The highest BCUT2D eigenvalue weighted by Gasteiger charge is 2.32. The molecule has 3 rings (SSSR count). The molecule has 2 unspecified atom stereocenters. The summed E-state index contributed by atoms with van der Waals surface area (Å²) in [7, 11) is 1.68. The molecule has 2 aliphatic heterocycles. The largest absolute Gasteiger partial charge is 0.497 e. The Balaban J connectivity index is 0.00000120. The van der Waals surface area contributed by atoms with Gasteiger partial charge in [-0.3, -0.25) is 0 Å². The Hall–Kier alpha value is -0.970. The van der Waals surface area contributed by atoms with Crippen LogP contribution in [0.2, 0.25) is 0 Å². The first-order valence-corrected chi connectivity index (χ1v) is 6.04. The maximum absolute atomic E-state index is 5.89. The van der Waals surface area contributed by atoms with E-state index < -0.39 is 0 Å². The summed E-state index contributed by atoms with van der Waals surface area (Å²) in [6, 6.07) is 6.26. The summed E-state index contributed by atoms with van der Waals surface area (Å²) in [5.74, 6) is 1.77. The molecule has 0 radical (unpaired) electrons. The first-order valence-electron chi connectivity index (χ1n) is 6.04. The third-order valence-electron chi connectivity index (χ3n) is 3.38. The highest BCUT2D eigenvalue weighted by molar-refractivity contribution is 5.85. The second kappa shape index (κ2) is 5.78. The lowest BCUT2D eigenvalue weighted by atomic mass is 9.98. The number of hydrogen-bond acceptors (Lipinski definition) is 4. The molecule has 2 aliphatic rings. The van der Waals surface area contributed by atoms with Gasteiger partial charge in [-0.05, 0) is 24.6 Å². The van der Waals surface area contributed by atoms with Gasteiger partial charge < -0.3 is 19.5 Å². The minimum absolute atomic E-state index is 0. The Kier molecular flexibility index (Phi) is 4.32. The molecular weight excluding hydrogens is 254 g/mol. The topological polar surface area (TPSA) is 39.7 Å². The average Bonchev–Trinajstić information content (AvgIpc) is 2.57. The fourth-order valence-corrected chi connectivity index (χ4v) is 2.52. The van der Waals surface area contributed by atoms with E-state index in [4.69, 9.17) is 14.2 Å². The first-order chi connectivity index (χ1) is 8.38. The van der Waals surface area contributed by atoms with Crippen molar-refractivity contribution < 1.29 is 14.2 Å². The number of hydrogen-bond donors (Lipinski definition) is 1. The molecule has 0 spiro atoms. The maximum Gasteiger partial charge on any atom is 0.125 e. The lowest BCUT2D eigenvalue weighted by molar-refractivity contribution is -0.00593. The van der Waals surface area contributed by atoms with E-state index in [1.165, 1.54) is 0 Å². The summed E-state index contributed by atoms with van der Waals surface area (Å²) in [6.07, 6.45) is 1.05. The summed E-state index contributed by atoms with van der Waals surface area (Å²) in [6.45, 7) is 2.40. The molecule has 4 nitrogen and oxygen atoms in total. The standard InChI is InChI=1S/C13H17NO3.ClH/c1-15-9-2-3-12-10(8-9)13-11(4-6-16-12)14-5-7-17-13;/h2-3,8,11,13-14H,4-7H2,1H3;1H. The SMILES string of the molecule is COc1ccc2c(c1)C1OCCNC1CCO2.Cl. The number of benzene rings is 1. The van der Waals surface area contributed by atoms with Gasteiger partial charge in [-0.2, -0.15) is 0 Å². The molecule has 0 aliphatic carbocycles. The summed E-state index contributed by atoms with van der Waals surface area (Å²) in [5.41, 5.74) is 1.10. The van der Waals surface area contributed by atoms with E-state index in [1.807, 2.05) is 18.2 Å². The van der Waals surface area contributed by atoms with Crippen LogP contribution in [0.3, 0.4) is 0 Å². The van der Waals surface area contributed by atoms with Gasteiger partial charge in [-0.25, -0.2) is 0 Å². The van der Waals surface area contributed by atoms with Gasteiger partial charge >= 0.3 is 0 Å². The van der Waals surface area contributed by atoms with Crippen LogP contribution in [0.4, 0.5) is 0 Å². The quantitative estimate of drug-likeness (QED) is 0.847. The summed E-state index contributed by atoms with van der Waals surface area (Å²) >= 11 is 0. The van der Waals surface area contributed by atoms with E-state index in [0.29, 0.717) is 6.04 Å². The predicted octanol–water partition coefficient (Wildman–Crippen LogP) is 1.93. The van der Waals surface area contributed by atoms with E-state index >= 15 is 0 Å². The number of halogens is 1. The Morgan fingerprint density at radius 2 is 2.22 bits per heavy atom. The van der Waals surface area contributed by atoms with Gasteiger partial charge in [0, 0.05) is 18.2 Å². The molecule has 2 heterocycles. The summed E-state index contributed by atoms with van der Waals surface area (Å²) in [5, 5.41) is 3.49. The monoisotopic (exact) mass is 271 g/mol. The Morgan fingerprint density at radius 1 is 1.33 bits per heavy atom. The normalized spacial score (nSPS) is 25.8. The molecule has 0 aromatic heterocycles. The van der Waals surface area contributed by atoms with Gasteiger partial charge in [-0.1, -0.05) is 0 Å². The van der Waals surface area contributed by atoms with E-state index in [0.717, 1.165) is 43.2 Å². The Bertz CT molecular complexity index is 413. The summed E-state index contributed by atoms with van der Waals surface area (Å²) in [4.78, 5) is 0. The molecule has 0 saturated carbocycles. The average molecular weight is 272 g/mol. The highest BCUT2D eigenvalue weighted by atomic mass is 35.5. The summed E-state index contributed by atoms with van der Waals surface area (Å²) < 4.78 is 16.9. The van der Waals surface area contributed by atoms with Crippen LogP contribution < -0.4 is 14.8 Å². The Morgan fingerprint density at radius 3 is 3.06 bits per heavy atom. The zero-order valence-electron chi connectivity index (χ0n) is 10.3. The van der Waals surface area contributed by atoms with Crippen molar-refractivity contribution in [2.24, 2.45) is 0 Å². The molecular formula is C13H18ClNO3. The molecule has 100 valence electrons. The number of nitrogens with one attached hydrogen (secondary N) is 1. The van der Waals surface area contributed by atoms with Crippen molar-refractivity contribution in [3.05, 3.63) is 23.8 Å². The zero-order chi connectivity index (χ0) is 11.7. The third-order valence-corrected chi connectivity index (χ3v) is 3.38. The van der Waals surface area contributed by atoms with Crippen LogP contribution in [0, 0.1) is 0 Å². The van der Waals surface area contributed by atoms with Crippen LogP contribution in [0.1, 0.15) is 18.1 Å². The molecule has 18 heavy (non-hydrogen) atoms. The van der Waals surface area contributed by atoms with Gasteiger partial charge in [0.15, 0.2) is 0 Å². The molecule has 0 bridgehead atoms. The molecule has 1 fully saturated rings. The van der Waals surface area contributed by atoms with Crippen molar-refractivity contribution in [3.63, 3.8) is 0 Å². The first kappa shape index (κ1) is 13.5. The second-order valence-electron chi connectivity index (χ2n) is 4.39. The molecule has 1 aromatic rings. The van der Waals surface area contributed by atoms with Crippen LogP contribution in [-0.4, -0.2) is 32.9 Å². The van der Waals surface area contributed by atoms with Crippen molar-refractivity contribution in [1.29, 1.82) is 0 Å². The number of ether oxygens (including phenoxy) is 3. The number of fused-ring (bicyclic) bond motifs is 3. The van der Waals surface area contributed by atoms with Gasteiger partial charge in [0.2, 0.25) is 0 Å². The molecule has 2 atom stereocenters. The minimum atomic E-state index is 0. The van der Waals surface area contributed by atoms with Gasteiger partial charge in [0.25, 0.3) is 0 Å². The molecule has 1 saturated heterocycles. The van der Waals surface area contributed by atoms with Crippen molar-refractivity contribution in [1.82, 2.24) is 5.32 Å².